The lowest BCUT2D eigenvalue weighted by atomic mass is 10.2. The highest BCUT2D eigenvalue weighted by Gasteiger charge is 2.10. The van der Waals surface area contributed by atoms with Gasteiger partial charge < -0.3 is 25.2 Å². The Bertz CT molecular complexity index is 464. The van der Waals surface area contributed by atoms with Gasteiger partial charge in [0.1, 0.15) is 0 Å². The molecule has 1 aromatic carbocycles. The third kappa shape index (κ3) is 6.73. The van der Waals surface area contributed by atoms with Gasteiger partial charge in [-0.25, -0.2) is 9.59 Å². The number of methoxy groups -OCH3 is 1. The molecule has 0 atom stereocenters. The molecule has 2 amide bonds. The van der Waals surface area contributed by atoms with E-state index in [9.17, 15) is 9.59 Å². The predicted molar refractivity (Wildman–Crippen MR) is 77.7 cm³/mol. The van der Waals surface area contributed by atoms with Crippen LogP contribution in [0.25, 0.3) is 0 Å². The van der Waals surface area contributed by atoms with Gasteiger partial charge in [-0.1, -0.05) is 12.1 Å². The Labute approximate surface area is 123 Å². The fourth-order valence-electron chi connectivity index (χ4n) is 1.57. The molecule has 0 aliphatic carbocycles. The number of rotatable bonds is 9. The Balaban J connectivity index is 2.27. The van der Waals surface area contributed by atoms with Gasteiger partial charge in [0.2, 0.25) is 0 Å². The van der Waals surface area contributed by atoms with Gasteiger partial charge >= 0.3 is 12.0 Å². The number of amides is 2. The highest BCUT2D eigenvalue weighted by Crippen LogP contribution is 2.14. The Hall–Kier alpha value is -2.12. The van der Waals surface area contributed by atoms with Crippen molar-refractivity contribution in [1.29, 1.82) is 0 Å². The number of hydrogen-bond donors (Lipinski definition) is 3. The van der Waals surface area contributed by atoms with Gasteiger partial charge in [-0.3, -0.25) is 0 Å². The molecule has 0 radical (unpaired) electrons. The second-order valence-corrected chi connectivity index (χ2v) is 4.19. The van der Waals surface area contributed by atoms with Crippen LogP contribution in [-0.2, 0) is 9.47 Å². The molecule has 0 unspecified atom stereocenters. The first-order valence-corrected chi connectivity index (χ1v) is 6.59. The first kappa shape index (κ1) is 16.9. The van der Waals surface area contributed by atoms with Crippen molar-refractivity contribution in [1.82, 2.24) is 5.32 Å². The third-order valence-corrected chi connectivity index (χ3v) is 2.59. The smallest absolute Gasteiger partial charge is 0.337 e. The van der Waals surface area contributed by atoms with Gasteiger partial charge in [0.25, 0.3) is 0 Å². The van der Waals surface area contributed by atoms with E-state index < -0.39 is 12.0 Å². The third-order valence-electron chi connectivity index (χ3n) is 2.59. The zero-order valence-corrected chi connectivity index (χ0v) is 11.9. The fraction of sp³-hybridized carbons (Fsp3) is 0.429. The number of carbonyl (C=O) groups excluding carboxylic acids is 1. The van der Waals surface area contributed by atoms with Gasteiger partial charge in [0.05, 0.1) is 24.5 Å². The van der Waals surface area contributed by atoms with Crippen LogP contribution in [0.3, 0.4) is 0 Å². The van der Waals surface area contributed by atoms with Gasteiger partial charge in [0.15, 0.2) is 0 Å². The minimum absolute atomic E-state index is 0.0514. The van der Waals surface area contributed by atoms with Crippen LogP contribution in [0.15, 0.2) is 24.3 Å². The van der Waals surface area contributed by atoms with Crippen molar-refractivity contribution in [3.8, 4) is 0 Å². The van der Waals surface area contributed by atoms with Crippen molar-refractivity contribution in [2.24, 2.45) is 0 Å². The van der Waals surface area contributed by atoms with E-state index in [0.29, 0.717) is 32.8 Å². The molecule has 0 saturated heterocycles. The van der Waals surface area contributed by atoms with E-state index in [4.69, 9.17) is 14.6 Å². The zero-order valence-electron chi connectivity index (χ0n) is 11.9. The largest absolute Gasteiger partial charge is 0.478 e. The molecule has 7 nitrogen and oxygen atoms in total. The molecule has 0 fully saturated rings. The number of hydrogen-bond acceptors (Lipinski definition) is 4. The van der Waals surface area contributed by atoms with Crippen LogP contribution < -0.4 is 10.6 Å². The van der Waals surface area contributed by atoms with Crippen LogP contribution in [0.2, 0.25) is 0 Å². The lowest BCUT2D eigenvalue weighted by molar-refractivity contribution is 0.0697. The number of anilines is 1. The zero-order chi connectivity index (χ0) is 15.5. The molecule has 1 rings (SSSR count). The number of ether oxygens (including phenoxy) is 2. The summed E-state index contributed by atoms with van der Waals surface area (Å²) in [4.78, 5) is 22.6. The van der Waals surface area contributed by atoms with Crippen molar-refractivity contribution < 1.29 is 24.2 Å². The van der Waals surface area contributed by atoms with Crippen LogP contribution in [0.1, 0.15) is 16.8 Å². The standard InChI is InChI=1S/C14H20N2O5/c1-20-9-10-21-8-4-7-15-14(19)16-12-6-3-2-5-11(12)13(17)18/h2-3,5-6H,4,7-10H2,1H3,(H,17,18)(H2,15,16,19). The Morgan fingerprint density at radius 1 is 1.19 bits per heavy atom. The molecule has 116 valence electrons. The quantitative estimate of drug-likeness (QED) is 0.601. The maximum Gasteiger partial charge on any atom is 0.337 e. The fourth-order valence-corrected chi connectivity index (χ4v) is 1.57. The molecule has 0 spiro atoms. The van der Waals surface area contributed by atoms with Gasteiger partial charge in [-0.05, 0) is 18.6 Å². The van der Waals surface area contributed by atoms with Gasteiger partial charge in [-0.2, -0.15) is 0 Å². The Kier molecular flexibility index (Phi) is 7.85. The normalized spacial score (nSPS) is 10.1. The number of carboxylic acid groups (broad SMARTS) is 1. The average Bonchev–Trinajstić information content (AvgIpc) is 2.46. The molecule has 21 heavy (non-hydrogen) atoms. The number of benzene rings is 1. The van der Waals surface area contributed by atoms with E-state index in [-0.39, 0.29) is 11.3 Å². The molecule has 7 heteroatoms. The maximum absolute atomic E-state index is 11.6. The van der Waals surface area contributed by atoms with E-state index >= 15 is 0 Å². The van der Waals surface area contributed by atoms with Crippen LogP contribution >= 0.6 is 0 Å². The summed E-state index contributed by atoms with van der Waals surface area (Å²) in [7, 11) is 1.60. The average molecular weight is 296 g/mol. The molecular weight excluding hydrogens is 276 g/mol. The number of carboxylic acids is 1. The van der Waals surface area contributed by atoms with Crippen molar-refractivity contribution in [3.05, 3.63) is 29.8 Å². The molecule has 0 bridgehead atoms. The van der Waals surface area contributed by atoms with Crippen LogP contribution in [0, 0.1) is 0 Å². The van der Waals surface area contributed by atoms with E-state index in [1.54, 1.807) is 19.2 Å². The number of urea groups is 1. The lowest BCUT2D eigenvalue weighted by Gasteiger charge is -2.09. The Morgan fingerprint density at radius 2 is 1.95 bits per heavy atom. The van der Waals surface area contributed by atoms with E-state index in [1.165, 1.54) is 12.1 Å². The van der Waals surface area contributed by atoms with Gasteiger partial charge in [-0.15, -0.1) is 0 Å². The monoisotopic (exact) mass is 296 g/mol. The van der Waals surface area contributed by atoms with E-state index in [0.717, 1.165) is 0 Å². The van der Waals surface area contributed by atoms with Crippen molar-refractivity contribution in [2.75, 3.05) is 38.8 Å². The van der Waals surface area contributed by atoms with Crippen molar-refractivity contribution in [2.45, 2.75) is 6.42 Å². The van der Waals surface area contributed by atoms with Gasteiger partial charge in [0, 0.05) is 20.3 Å². The Morgan fingerprint density at radius 3 is 2.67 bits per heavy atom. The van der Waals surface area contributed by atoms with E-state index in [2.05, 4.69) is 10.6 Å². The topological polar surface area (TPSA) is 96.9 Å². The molecule has 0 aliphatic heterocycles. The SMILES string of the molecule is COCCOCCCNC(=O)Nc1ccccc1C(=O)O. The number of aromatic carboxylic acids is 1. The molecular formula is C14H20N2O5. The molecule has 3 N–H and O–H groups in total. The molecule has 1 aromatic rings. The summed E-state index contributed by atoms with van der Waals surface area (Å²) >= 11 is 0. The summed E-state index contributed by atoms with van der Waals surface area (Å²) in [5.41, 5.74) is 0.314. The summed E-state index contributed by atoms with van der Waals surface area (Å²) in [5.74, 6) is -1.09. The highest BCUT2D eigenvalue weighted by molar-refractivity contribution is 5.99. The summed E-state index contributed by atoms with van der Waals surface area (Å²) in [6.07, 6.45) is 0.664. The van der Waals surface area contributed by atoms with E-state index in [1.807, 2.05) is 0 Å². The molecule has 0 aliphatic rings. The second-order valence-electron chi connectivity index (χ2n) is 4.19. The summed E-state index contributed by atoms with van der Waals surface area (Å²) < 4.78 is 10.1. The molecule has 0 heterocycles. The minimum atomic E-state index is -1.09. The predicted octanol–water partition coefficient (Wildman–Crippen LogP) is 1.56. The summed E-state index contributed by atoms with van der Waals surface area (Å²) in [6.45, 7) is 2.03. The summed E-state index contributed by atoms with van der Waals surface area (Å²) in [5, 5.41) is 14.1. The number of nitrogens with one attached hydrogen (secondary N) is 2. The molecule has 0 aromatic heterocycles. The lowest BCUT2D eigenvalue weighted by Crippen LogP contribution is -2.30. The minimum Gasteiger partial charge on any atom is -0.478 e. The first-order chi connectivity index (χ1) is 10.1. The highest BCUT2D eigenvalue weighted by atomic mass is 16.5. The maximum atomic E-state index is 11.6. The van der Waals surface area contributed by atoms with Crippen LogP contribution in [0.4, 0.5) is 10.5 Å². The first-order valence-electron chi connectivity index (χ1n) is 6.59. The molecule has 0 saturated carbocycles. The van der Waals surface area contributed by atoms with Crippen molar-refractivity contribution >= 4 is 17.7 Å². The number of para-hydroxylation sites is 1. The van der Waals surface area contributed by atoms with Crippen molar-refractivity contribution in [3.63, 3.8) is 0 Å². The number of carbonyl (C=O) groups is 2. The van der Waals surface area contributed by atoms with Crippen LogP contribution in [-0.4, -0.2) is 50.6 Å². The second kappa shape index (κ2) is 9.73. The van der Waals surface area contributed by atoms with Crippen LogP contribution in [0.5, 0.6) is 0 Å². The summed E-state index contributed by atoms with van der Waals surface area (Å²) in [6, 6.07) is 5.79.